The summed E-state index contributed by atoms with van der Waals surface area (Å²) in [6.45, 7) is 0. The van der Waals surface area contributed by atoms with Gasteiger partial charge >= 0.3 is 0 Å². The van der Waals surface area contributed by atoms with Crippen molar-refractivity contribution in [1.82, 2.24) is 4.98 Å². The maximum atomic E-state index is 12.5. The first-order valence-corrected chi connectivity index (χ1v) is 11.0. The van der Waals surface area contributed by atoms with Crippen LogP contribution >= 0.6 is 22.9 Å². The van der Waals surface area contributed by atoms with E-state index in [-0.39, 0.29) is 10.8 Å². The quantitative estimate of drug-likeness (QED) is 0.634. The third-order valence-electron chi connectivity index (χ3n) is 4.19. The summed E-state index contributed by atoms with van der Waals surface area (Å²) in [5.41, 5.74) is 3.11. The van der Waals surface area contributed by atoms with Gasteiger partial charge in [0.05, 0.1) is 4.90 Å². The van der Waals surface area contributed by atoms with Crippen molar-refractivity contribution in [2.24, 2.45) is 0 Å². The van der Waals surface area contributed by atoms with Crippen LogP contribution in [-0.2, 0) is 21.2 Å². The first kappa shape index (κ1) is 18.7. The molecule has 0 saturated carbocycles. The lowest BCUT2D eigenvalue weighted by Crippen LogP contribution is -2.15. The Kier molecular flexibility index (Phi) is 4.92. The monoisotopic (exact) mass is 431 g/mol. The largest absolute Gasteiger partial charge is 0.322 e. The number of amides is 1. The number of carbonyl (C=O) groups excluding carboxylic acids is 1. The van der Waals surface area contributed by atoms with Crippen LogP contribution in [0.5, 0.6) is 0 Å². The van der Waals surface area contributed by atoms with Gasteiger partial charge in [-0.2, -0.15) is 0 Å². The van der Waals surface area contributed by atoms with Crippen molar-refractivity contribution in [3.63, 3.8) is 0 Å². The summed E-state index contributed by atoms with van der Waals surface area (Å²) in [6.07, 6.45) is 3.86. The zero-order valence-electron chi connectivity index (χ0n) is 14.3. The molecule has 142 valence electrons. The molecular weight excluding hydrogens is 418 g/mol. The van der Waals surface area contributed by atoms with Crippen molar-refractivity contribution in [3.05, 3.63) is 75.8 Å². The van der Waals surface area contributed by atoms with E-state index in [9.17, 15) is 13.2 Å². The SMILES string of the molecule is O=C(Nc1ccc(S(=O)(=O)Nc2nccs2)cc1)C1=Cc2cc(Cl)ccc2C1. The molecule has 4 rings (SSSR count). The highest BCUT2D eigenvalue weighted by Crippen LogP contribution is 2.28. The topological polar surface area (TPSA) is 88.2 Å². The van der Waals surface area contributed by atoms with Crippen molar-refractivity contribution < 1.29 is 13.2 Å². The molecule has 1 heterocycles. The molecule has 1 aliphatic carbocycles. The molecule has 1 amide bonds. The fourth-order valence-corrected chi connectivity index (χ4v) is 4.80. The first-order chi connectivity index (χ1) is 13.4. The number of carbonyl (C=O) groups is 1. The predicted molar refractivity (Wildman–Crippen MR) is 111 cm³/mol. The Morgan fingerprint density at radius 2 is 1.93 bits per heavy atom. The van der Waals surface area contributed by atoms with E-state index in [0.717, 1.165) is 11.1 Å². The maximum absolute atomic E-state index is 12.5. The van der Waals surface area contributed by atoms with Gasteiger partial charge in [0.2, 0.25) is 0 Å². The second-order valence-electron chi connectivity index (χ2n) is 6.11. The van der Waals surface area contributed by atoms with Crippen LogP contribution in [0.2, 0.25) is 5.02 Å². The van der Waals surface area contributed by atoms with Crippen molar-refractivity contribution in [2.75, 3.05) is 10.0 Å². The second-order valence-corrected chi connectivity index (χ2v) is 9.12. The molecule has 0 spiro atoms. The Balaban J connectivity index is 1.45. The van der Waals surface area contributed by atoms with Crippen LogP contribution < -0.4 is 10.0 Å². The number of sulfonamides is 1. The average molecular weight is 432 g/mol. The van der Waals surface area contributed by atoms with Crippen LogP contribution in [0.15, 0.2) is 64.5 Å². The summed E-state index contributed by atoms with van der Waals surface area (Å²) in [5, 5.41) is 5.39. The van der Waals surface area contributed by atoms with Gasteiger partial charge in [0.1, 0.15) is 0 Å². The number of fused-ring (bicyclic) bond motifs is 1. The van der Waals surface area contributed by atoms with E-state index >= 15 is 0 Å². The summed E-state index contributed by atoms with van der Waals surface area (Å²) in [6, 6.07) is 11.5. The fraction of sp³-hybridized carbons (Fsp3) is 0.0526. The van der Waals surface area contributed by atoms with E-state index in [1.54, 1.807) is 23.6 Å². The van der Waals surface area contributed by atoms with Gasteiger partial charge in [-0.25, -0.2) is 13.4 Å². The van der Waals surface area contributed by atoms with Gasteiger partial charge in [-0.05, 0) is 53.6 Å². The third kappa shape index (κ3) is 3.94. The molecule has 0 radical (unpaired) electrons. The molecule has 0 saturated heterocycles. The average Bonchev–Trinajstić information content (AvgIpc) is 3.31. The van der Waals surface area contributed by atoms with Crippen LogP contribution in [0.25, 0.3) is 6.08 Å². The van der Waals surface area contributed by atoms with E-state index in [1.165, 1.54) is 29.7 Å². The van der Waals surface area contributed by atoms with Crippen LogP contribution in [0, 0.1) is 0 Å². The van der Waals surface area contributed by atoms with Gasteiger partial charge in [-0.1, -0.05) is 17.7 Å². The summed E-state index contributed by atoms with van der Waals surface area (Å²) in [4.78, 5) is 16.5. The summed E-state index contributed by atoms with van der Waals surface area (Å²) in [5.74, 6) is -0.233. The van der Waals surface area contributed by atoms with Gasteiger partial charge in [0.15, 0.2) is 5.13 Å². The van der Waals surface area contributed by atoms with Gasteiger partial charge < -0.3 is 5.32 Å². The second kappa shape index (κ2) is 7.38. The number of thiazole rings is 1. The highest BCUT2D eigenvalue weighted by molar-refractivity contribution is 7.93. The molecule has 2 N–H and O–H groups in total. The van der Waals surface area contributed by atoms with Gasteiger partial charge in [0.25, 0.3) is 15.9 Å². The normalized spacial score (nSPS) is 13.0. The number of aromatic nitrogens is 1. The van der Waals surface area contributed by atoms with Crippen LogP contribution in [-0.4, -0.2) is 19.3 Å². The minimum absolute atomic E-state index is 0.0860. The highest BCUT2D eigenvalue weighted by atomic mass is 35.5. The summed E-state index contributed by atoms with van der Waals surface area (Å²) in [7, 11) is -3.72. The smallest absolute Gasteiger partial charge is 0.263 e. The fourth-order valence-electron chi connectivity index (χ4n) is 2.83. The van der Waals surface area contributed by atoms with E-state index < -0.39 is 10.0 Å². The maximum Gasteiger partial charge on any atom is 0.263 e. The molecule has 1 aliphatic rings. The zero-order valence-corrected chi connectivity index (χ0v) is 16.7. The molecule has 3 aromatic rings. The number of nitrogens with zero attached hydrogens (tertiary/aromatic N) is 1. The van der Waals surface area contributed by atoms with E-state index in [0.29, 0.717) is 27.8 Å². The number of hydrogen-bond acceptors (Lipinski definition) is 5. The zero-order chi connectivity index (χ0) is 19.7. The summed E-state index contributed by atoms with van der Waals surface area (Å²) >= 11 is 7.18. The van der Waals surface area contributed by atoms with Crippen molar-refractivity contribution in [3.8, 4) is 0 Å². The lowest BCUT2D eigenvalue weighted by molar-refractivity contribution is -0.112. The standard InChI is InChI=1S/C19H14ClN3O3S2/c20-15-2-1-12-9-14(10-13(12)11-15)18(24)22-16-3-5-17(6-4-16)28(25,26)23-19-21-7-8-27-19/h1-8,10-11H,9H2,(H,21,23)(H,22,24). The molecule has 0 fully saturated rings. The van der Waals surface area contributed by atoms with Gasteiger partial charge in [-0.15, -0.1) is 11.3 Å². The van der Waals surface area contributed by atoms with Gasteiger partial charge in [-0.3, -0.25) is 9.52 Å². The number of rotatable bonds is 5. The van der Waals surface area contributed by atoms with E-state index in [4.69, 9.17) is 11.6 Å². The predicted octanol–water partition coefficient (Wildman–Crippen LogP) is 4.18. The molecule has 28 heavy (non-hydrogen) atoms. The first-order valence-electron chi connectivity index (χ1n) is 8.23. The minimum Gasteiger partial charge on any atom is -0.322 e. The molecular formula is C19H14ClN3O3S2. The van der Waals surface area contributed by atoms with Crippen LogP contribution in [0.3, 0.4) is 0 Å². The van der Waals surface area contributed by atoms with E-state index in [1.807, 2.05) is 18.2 Å². The Hall–Kier alpha value is -2.68. The lowest BCUT2D eigenvalue weighted by atomic mass is 10.1. The number of halogens is 1. The minimum atomic E-state index is -3.72. The molecule has 0 atom stereocenters. The van der Waals surface area contributed by atoms with Crippen molar-refractivity contribution in [1.29, 1.82) is 0 Å². The molecule has 9 heteroatoms. The number of hydrogen-bond donors (Lipinski definition) is 2. The Morgan fingerprint density at radius 3 is 2.64 bits per heavy atom. The number of nitrogens with one attached hydrogen (secondary N) is 2. The number of anilines is 2. The van der Waals surface area contributed by atoms with Crippen molar-refractivity contribution in [2.45, 2.75) is 11.3 Å². The summed E-state index contributed by atoms with van der Waals surface area (Å²) < 4.78 is 27.1. The lowest BCUT2D eigenvalue weighted by Gasteiger charge is -2.08. The molecule has 0 unspecified atom stereocenters. The van der Waals surface area contributed by atoms with Crippen molar-refractivity contribution >= 4 is 55.8 Å². The van der Waals surface area contributed by atoms with E-state index in [2.05, 4.69) is 15.0 Å². The molecule has 6 nitrogen and oxygen atoms in total. The number of benzene rings is 2. The molecule has 1 aromatic heterocycles. The Labute approximate surface area is 170 Å². The highest BCUT2D eigenvalue weighted by Gasteiger charge is 2.19. The Bertz CT molecular complexity index is 1170. The van der Waals surface area contributed by atoms with Gasteiger partial charge in [0, 0.05) is 34.3 Å². The third-order valence-corrected chi connectivity index (χ3v) is 6.59. The van der Waals surface area contributed by atoms with Crippen LogP contribution in [0.4, 0.5) is 10.8 Å². The van der Waals surface area contributed by atoms with Crippen LogP contribution in [0.1, 0.15) is 11.1 Å². The molecule has 0 bridgehead atoms. The molecule has 2 aromatic carbocycles. The Morgan fingerprint density at radius 1 is 1.14 bits per heavy atom. The molecule has 0 aliphatic heterocycles.